The van der Waals surface area contributed by atoms with Crippen molar-refractivity contribution in [2.45, 2.75) is 5.88 Å². The fourth-order valence-corrected chi connectivity index (χ4v) is 1.57. The number of hydrogen-bond acceptors (Lipinski definition) is 1. The molecule has 0 aliphatic carbocycles. The Morgan fingerprint density at radius 1 is 1.50 bits per heavy atom. The highest BCUT2D eigenvalue weighted by molar-refractivity contribution is 6.17. The SMILES string of the molecule is Cn1ccc2c(CCl)ccnc21. The Morgan fingerprint density at radius 2 is 2.33 bits per heavy atom. The van der Waals surface area contributed by atoms with Gasteiger partial charge >= 0.3 is 0 Å². The number of fused-ring (bicyclic) bond motifs is 1. The van der Waals surface area contributed by atoms with E-state index in [4.69, 9.17) is 11.6 Å². The predicted molar refractivity (Wildman–Crippen MR) is 50.3 cm³/mol. The fourth-order valence-electron chi connectivity index (χ4n) is 1.34. The van der Waals surface area contributed by atoms with Gasteiger partial charge in [0.25, 0.3) is 0 Å². The van der Waals surface area contributed by atoms with Gasteiger partial charge in [-0.2, -0.15) is 0 Å². The molecule has 2 nitrogen and oxygen atoms in total. The van der Waals surface area contributed by atoms with Crippen LogP contribution in [0.3, 0.4) is 0 Å². The summed E-state index contributed by atoms with van der Waals surface area (Å²) in [7, 11) is 1.98. The molecule has 0 spiro atoms. The van der Waals surface area contributed by atoms with Gasteiger partial charge in [0.15, 0.2) is 0 Å². The average molecular weight is 181 g/mol. The third-order valence-electron chi connectivity index (χ3n) is 2.00. The maximum atomic E-state index is 5.78. The van der Waals surface area contributed by atoms with E-state index in [0.29, 0.717) is 5.88 Å². The van der Waals surface area contributed by atoms with E-state index in [1.54, 1.807) is 6.20 Å². The molecule has 0 aromatic carbocycles. The fraction of sp³-hybridized carbons (Fsp3) is 0.222. The molecular weight excluding hydrogens is 172 g/mol. The molecule has 62 valence electrons. The van der Waals surface area contributed by atoms with E-state index in [0.717, 1.165) is 16.6 Å². The summed E-state index contributed by atoms with van der Waals surface area (Å²) >= 11 is 5.78. The third kappa shape index (κ3) is 0.994. The summed E-state index contributed by atoms with van der Waals surface area (Å²) < 4.78 is 1.99. The highest BCUT2D eigenvalue weighted by atomic mass is 35.5. The highest BCUT2D eigenvalue weighted by Crippen LogP contribution is 2.18. The van der Waals surface area contributed by atoms with E-state index in [2.05, 4.69) is 4.98 Å². The van der Waals surface area contributed by atoms with Crippen LogP contribution in [-0.4, -0.2) is 9.55 Å². The Morgan fingerprint density at radius 3 is 3.08 bits per heavy atom. The van der Waals surface area contributed by atoms with Gasteiger partial charge in [0.2, 0.25) is 0 Å². The lowest BCUT2D eigenvalue weighted by Gasteiger charge is -1.98. The molecule has 0 radical (unpaired) electrons. The average Bonchev–Trinajstić information content (AvgIpc) is 2.48. The zero-order valence-electron chi connectivity index (χ0n) is 6.79. The number of aryl methyl sites for hydroxylation is 1. The molecule has 0 aliphatic rings. The first-order valence-corrected chi connectivity index (χ1v) is 4.31. The molecule has 0 aliphatic heterocycles. The number of rotatable bonds is 1. The van der Waals surface area contributed by atoms with E-state index < -0.39 is 0 Å². The van der Waals surface area contributed by atoms with Gasteiger partial charge in [-0.3, -0.25) is 0 Å². The number of pyridine rings is 1. The van der Waals surface area contributed by atoms with Crippen molar-refractivity contribution in [3.05, 3.63) is 30.1 Å². The van der Waals surface area contributed by atoms with Crippen molar-refractivity contribution in [1.82, 2.24) is 9.55 Å². The van der Waals surface area contributed by atoms with Crippen LogP contribution in [-0.2, 0) is 12.9 Å². The summed E-state index contributed by atoms with van der Waals surface area (Å²) in [4.78, 5) is 4.25. The topological polar surface area (TPSA) is 17.8 Å². The van der Waals surface area contributed by atoms with Gasteiger partial charge in [-0.25, -0.2) is 4.98 Å². The highest BCUT2D eigenvalue weighted by Gasteiger charge is 2.02. The van der Waals surface area contributed by atoms with Gasteiger partial charge in [-0.15, -0.1) is 11.6 Å². The second-order valence-electron chi connectivity index (χ2n) is 2.77. The first-order chi connectivity index (χ1) is 5.83. The van der Waals surface area contributed by atoms with Gasteiger partial charge in [-0.05, 0) is 17.7 Å². The molecule has 3 heteroatoms. The number of nitrogens with zero attached hydrogens (tertiary/aromatic N) is 2. The maximum absolute atomic E-state index is 5.78. The van der Waals surface area contributed by atoms with Crippen LogP contribution < -0.4 is 0 Å². The van der Waals surface area contributed by atoms with Crippen LogP contribution >= 0.6 is 11.6 Å². The molecule has 12 heavy (non-hydrogen) atoms. The number of hydrogen-bond donors (Lipinski definition) is 0. The summed E-state index contributed by atoms with van der Waals surface area (Å²) in [6, 6.07) is 4.00. The molecule has 2 heterocycles. The lowest BCUT2D eigenvalue weighted by molar-refractivity contribution is 0.948. The smallest absolute Gasteiger partial charge is 0.139 e. The first kappa shape index (κ1) is 7.62. The van der Waals surface area contributed by atoms with E-state index in [1.807, 2.05) is 29.9 Å². The van der Waals surface area contributed by atoms with E-state index in [1.165, 1.54) is 0 Å². The molecule has 2 aromatic heterocycles. The molecule has 0 bridgehead atoms. The van der Waals surface area contributed by atoms with Crippen molar-refractivity contribution in [2.75, 3.05) is 0 Å². The summed E-state index contributed by atoms with van der Waals surface area (Å²) in [5, 5.41) is 1.15. The van der Waals surface area contributed by atoms with Gasteiger partial charge in [-0.1, -0.05) is 0 Å². The molecule has 0 N–H and O–H groups in total. The van der Waals surface area contributed by atoms with Crippen LogP contribution in [0.4, 0.5) is 0 Å². The Bertz CT molecular complexity index is 406. The quantitative estimate of drug-likeness (QED) is 0.616. The van der Waals surface area contributed by atoms with Crippen molar-refractivity contribution in [3.8, 4) is 0 Å². The van der Waals surface area contributed by atoms with Crippen LogP contribution in [0.25, 0.3) is 11.0 Å². The summed E-state index contributed by atoms with van der Waals surface area (Å²) in [6.07, 6.45) is 3.79. The molecule has 0 amide bonds. The van der Waals surface area contributed by atoms with Gasteiger partial charge in [0.05, 0.1) is 0 Å². The zero-order chi connectivity index (χ0) is 8.55. The summed E-state index contributed by atoms with van der Waals surface area (Å²) in [6.45, 7) is 0. The van der Waals surface area contributed by atoms with Crippen molar-refractivity contribution in [2.24, 2.45) is 7.05 Å². The monoisotopic (exact) mass is 180 g/mol. The minimum absolute atomic E-state index is 0.545. The Labute approximate surface area is 75.8 Å². The molecule has 0 atom stereocenters. The van der Waals surface area contributed by atoms with Crippen LogP contribution in [0.5, 0.6) is 0 Å². The Hall–Kier alpha value is -1.02. The van der Waals surface area contributed by atoms with E-state index >= 15 is 0 Å². The van der Waals surface area contributed by atoms with E-state index in [9.17, 15) is 0 Å². The standard InChI is InChI=1S/C9H9ClN2/c1-12-5-3-8-7(6-10)2-4-11-9(8)12/h2-5H,6H2,1H3. The van der Waals surface area contributed by atoms with Crippen LogP contribution in [0.1, 0.15) is 5.56 Å². The second-order valence-corrected chi connectivity index (χ2v) is 3.03. The number of alkyl halides is 1. The number of aromatic nitrogens is 2. The van der Waals surface area contributed by atoms with Crippen LogP contribution in [0.15, 0.2) is 24.5 Å². The summed E-state index contributed by atoms with van der Waals surface area (Å²) in [5.41, 5.74) is 2.13. The minimum atomic E-state index is 0.545. The summed E-state index contributed by atoms with van der Waals surface area (Å²) in [5.74, 6) is 0.545. The Balaban J connectivity index is 2.81. The molecule has 0 unspecified atom stereocenters. The maximum Gasteiger partial charge on any atom is 0.139 e. The van der Waals surface area contributed by atoms with Crippen LogP contribution in [0.2, 0.25) is 0 Å². The Kier molecular flexibility index (Phi) is 1.77. The van der Waals surface area contributed by atoms with Crippen LogP contribution in [0, 0.1) is 0 Å². The van der Waals surface area contributed by atoms with Crippen molar-refractivity contribution < 1.29 is 0 Å². The first-order valence-electron chi connectivity index (χ1n) is 3.78. The van der Waals surface area contributed by atoms with Crippen molar-refractivity contribution in [1.29, 1.82) is 0 Å². The number of halogens is 1. The van der Waals surface area contributed by atoms with Gasteiger partial charge < -0.3 is 4.57 Å². The van der Waals surface area contributed by atoms with Crippen molar-refractivity contribution >= 4 is 22.6 Å². The molecule has 0 fully saturated rings. The molecule has 2 rings (SSSR count). The largest absolute Gasteiger partial charge is 0.336 e. The lowest BCUT2D eigenvalue weighted by atomic mass is 10.2. The predicted octanol–water partition coefficient (Wildman–Crippen LogP) is 2.31. The molecular formula is C9H9ClN2. The normalized spacial score (nSPS) is 10.8. The molecule has 0 saturated carbocycles. The van der Waals surface area contributed by atoms with Gasteiger partial charge in [0.1, 0.15) is 5.65 Å². The molecule has 0 saturated heterocycles. The second kappa shape index (κ2) is 2.79. The van der Waals surface area contributed by atoms with E-state index in [-0.39, 0.29) is 0 Å². The lowest BCUT2D eigenvalue weighted by Crippen LogP contribution is -1.88. The van der Waals surface area contributed by atoms with Crippen molar-refractivity contribution in [3.63, 3.8) is 0 Å². The minimum Gasteiger partial charge on any atom is -0.336 e. The molecule has 2 aromatic rings. The van der Waals surface area contributed by atoms with Gasteiger partial charge in [0, 0.05) is 30.7 Å². The zero-order valence-corrected chi connectivity index (χ0v) is 7.54. The third-order valence-corrected chi connectivity index (χ3v) is 2.29.